The van der Waals surface area contributed by atoms with E-state index in [-0.39, 0.29) is 0 Å². The molecule has 0 aliphatic rings. The lowest BCUT2D eigenvalue weighted by atomic mass is 10.4. The minimum Gasteiger partial charge on any atom is -0.368 e. The molecule has 66 valence electrons. The summed E-state index contributed by atoms with van der Waals surface area (Å²) in [6.07, 6.45) is 3.30. The van der Waals surface area contributed by atoms with Crippen molar-refractivity contribution in [3.63, 3.8) is 0 Å². The molecular formula is C7H7N5S. The Morgan fingerprint density at radius 1 is 1.38 bits per heavy atom. The van der Waals surface area contributed by atoms with Crippen LogP contribution in [0.2, 0.25) is 0 Å². The predicted molar refractivity (Wildman–Crippen MR) is 49.5 cm³/mol. The first-order chi connectivity index (χ1) is 6.29. The van der Waals surface area contributed by atoms with Gasteiger partial charge in [0.05, 0.1) is 5.69 Å². The summed E-state index contributed by atoms with van der Waals surface area (Å²) in [6.45, 7) is 0. The highest BCUT2D eigenvalue weighted by molar-refractivity contribution is 7.02. The van der Waals surface area contributed by atoms with E-state index in [4.69, 9.17) is 11.1 Å². The van der Waals surface area contributed by atoms with Crippen LogP contribution >= 0.6 is 11.5 Å². The molecule has 3 N–H and O–H groups in total. The predicted octanol–water partition coefficient (Wildman–Crippen LogP) is 0.390. The minimum absolute atomic E-state index is 0.309. The summed E-state index contributed by atoms with van der Waals surface area (Å²) in [4.78, 5) is 4.19. The number of hydrogen-bond acceptors (Lipinski definition) is 5. The molecule has 0 atom stereocenters. The van der Waals surface area contributed by atoms with Crippen LogP contribution in [0.15, 0.2) is 24.5 Å². The highest BCUT2D eigenvalue weighted by Crippen LogP contribution is 2.07. The number of pyridine rings is 1. The molecule has 6 heteroatoms. The van der Waals surface area contributed by atoms with Crippen LogP contribution in [0.3, 0.4) is 0 Å². The molecular weight excluding hydrogens is 186 g/mol. The zero-order valence-corrected chi connectivity index (χ0v) is 7.45. The number of rotatable bonds is 1. The van der Waals surface area contributed by atoms with Crippen molar-refractivity contribution in [2.75, 3.05) is 5.73 Å². The number of nitrogens with two attached hydrogens (primary N) is 1. The van der Waals surface area contributed by atoms with Crippen LogP contribution in [0.1, 0.15) is 0 Å². The SMILES string of the molecule is N=c1snc(N)n1-c1ccncc1. The van der Waals surface area contributed by atoms with Crippen molar-refractivity contribution in [2.45, 2.75) is 0 Å². The van der Waals surface area contributed by atoms with E-state index in [2.05, 4.69) is 9.36 Å². The van der Waals surface area contributed by atoms with Crippen LogP contribution in [0.4, 0.5) is 5.95 Å². The first kappa shape index (κ1) is 7.93. The molecule has 2 aromatic rings. The average Bonchev–Trinajstić information content (AvgIpc) is 2.48. The molecule has 2 rings (SSSR count). The second kappa shape index (κ2) is 2.98. The molecule has 0 saturated heterocycles. The standard InChI is InChI=1S/C7H7N5S/c8-6-11-13-7(9)12(6)5-1-3-10-4-2-5/h1-4,9H,(H2,8,11). The lowest BCUT2D eigenvalue weighted by molar-refractivity contribution is 0.974. The molecule has 2 heterocycles. The summed E-state index contributed by atoms with van der Waals surface area (Å²) in [5.41, 5.74) is 6.41. The first-order valence-electron chi connectivity index (χ1n) is 3.58. The van der Waals surface area contributed by atoms with Crippen molar-refractivity contribution >= 4 is 17.5 Å². The first-order valence-corrected chi connectivity index (χ1v) is 4.35. The molecule has 0 saturated carbocycles. The Balaban J connectivity index is 2.65. The molecule has 13 heavy (non-hydrogen) atoms. The molecule has 5 nitrogen and oxygen atoms in total. The van der Waals surface area contributed by atoms with Gasteiger partial charge in [-0.1, -0.05) is 0 Å². The summed E-state index contributed by atoms with van der Waals surface area (Å²) in [5, 5.41) is 7.55. The summed E-state index contributed by atoms with van der Waals surface area (Å²) in [6, 6.07) is 3.56. The summed E-state index contributed by atoms with van der Waals surface area (Å²) in [7, 11) is 0. The fourth-order valence-corrected chi connectivity index (χ4v) is 1.56. The van der Waals surface area contributed by atoms with Crippen molar-refractivity contribution in [3.05, 3.63) is 29.3 Å². The normalized spacial score (nSPS) is 10.2. The zero-order valence-electron chi connectivity index (χ0n) is 6.64. The van der Waals surface area contributed by atoms with Crippen LogP contribution in [0.25, 0.3) is 5.69 Å². The highest BCUT2D eigenvalue weighted by atomic mass is 32.1. The lowest BCUT2D eigenvalue weighted by Gasteiger charge is -2.01. The molecule has 0 spiro atoms. The molecule has 0 aromatic carbocycles. The van der Waals surface area contributed by atoms with E-state index in [0.717, 1.165) is 17.2 Å². The monoisotopic (exact) mass is 193 g/mol. The Labute approximate surface area is 78.2 Å². The van der Waals surface area contributed by atoms with Crippen LogP contribution in [0.5, 0.6) is 0 Å². The third kappa shape index (κ3) is 1.31. The van der Waals surface area contributed by atoms with Crippen molar-refractivity contribution in [2.24, 2.45) is 0 Å². The topological polar surface area (TPSA) is 80.6 Å². The van der Waals surface area contributed by atoms with Gasteiger partial charge >= 0.3 is 0 Å². The van der Waals surface area contributed by atoms with Gasteiger partial charge < -0.3 is 5.73 Å². The van der Waals surface area contributed by atoms with Gasteiger partial charge in [0.15, 0.2) is 0 Å². The van der Waals surface area contributed by atoms with E-state index >= 15 is 0 Å². The van der Waals surface area contributed by atoms with Crippen LogP contribution in [0, 0.1) is 5.41 Å². The van der Waals surface area contributed by atoms with Gasteiger partial charge in [-0.05, 0) is 12.1 Å². The van der Waals surface area contributed by atoms with Gasteiger partial charge in [-0.25, -0.2) is 0 Å². The van der Waals surface area contributed by atoms with Gasteiger partial charge in [-0.3, -0.25) is 15.0 Å². The largest absolute Gasteiger partial charge is 0.368 e. The Morgan fingerprint density at radius 3 is 2.62 bits per heavy atom. The van der Waals surface area contributed by atoms with Gasteiger partial charge in [0.25, 0.3) is 0 Å². The second-order valence-electron chi connectivity index (χ2n) is 2.39. The van der Waals surface area contributed by atoms with Gasteiger partial charge in [0, 0.05) is 23.9 Å². The number of nitrogen functional groups attached to an aromatic ring is 1. The Bertz CT molecular complexity index is 457. The Kier molecular flexibility index (Phi) is 1.82. The third-order valence-electron chi connectivity index (χ3n) is 1.58. The molecule has 2 aromatic heterocycles. The maximum atomic E-state index is 7.55. The molecule has 0 bridgehead atoms. The summed E-state index contributed by atoms with van der Waals surface area (Å²) >= 11 is 1.06. The fourth-order valence-electron chi connectivity index (χ4n) is 1.02. The maximum absolute atomic E-state index is 7.55. The van der Waals surface area contributed by atoms with E-state index in [9.17, 15) is 0 Å². The Hall–Kier alpha value is -1.69. The second-order valence-corrected chi connectivity index (χ2v) is 3.14. The van der Waals surface area contributed by atoms with E-state index in [1.165, 1.54) is 0 Å². The van der Waals surface area contributed by atoms with Gasteiger partial charge in [0.2, 0.25) is 10.7 Å². The fraction of sp³-hybridized carbons (Fsp3) is 0. The third-order valence-corrected chi connectivity index (χ3v) is 2.21. The van der Waals surface area contributed by atoms with Crippen LogP contribution in [-0.4, -0.2) is 13.9 Å². The van der Waals surface area contributed by atoms with Crippen molar-refractivity contribution < 1.29 is 0 Å². The van der Waals surface area contributed by atoms with E-state index < -0.39 is 0 Å². The average molecular weight is 193 g/mol. The van der Waals surface area contributed by atoms with E-state index in [1.807, 2.05) is 0 Å². The molecule has 0 radical (unpaired) electrons. The number of hydrogen-bond donors (Lipinski definition) is 2. The number of anilines is 1. The van der Waals surface area contributed by atoms with Gasteiger partial charge in [0.1, 0.15) is 0 Å². The van der Waals surface area contributed by atoms with Crippen LogP contribution in [-0.2, 0) is 0 Å². The molecule has 0 aliphatic heterocycles. The lowest BCUT2D eigenvalue weighted by Crippen LogP contribution is -2.13. The number of nitrogens with zero attached hydrogens (tertiary/aromatic N) is 3. The van der Waals surface area contributed by atoms with E-state index in [1.54, 1.807) is 29.1 Å². The highest BCUT2D eigenvalue weighted by Gasteiger charge is 2.03. The quantitative estimate of drug-likeness (QED) is 0.687. The van der Waals surface area contributed by atoms with Gasteiger partial charge in [-0.2, -0.15) is 4.37 Å². The maximum Gasteiger partial charge on any atom is 0.218 e. The van der Waals surface area contributed by atoms with Crippen LogP contribution < -0.4 is 10.5 Å². The zero-order chi connectivity index (χ0) is 9.26. The minimum atomic E-state index is 0.309. The van der Waals surface area contributed by atoms with Crippen molar-refractivity contribution in [1.82, 2.24) is 13.9 Å². The Morgan fingerprint density at radius 2 is 2.08 bits per heavy atom. The number of aromatic nitrogens is 3. The molecule has 0 amide bonds. The summed E-state index contributed by atoms with van der Waals surface area (Å²) in [5.74, 6) is 0.334. The molecule has 0 fully saturated rings. The summed E-state index contributed by atoms with van der Waals surface area (Å²) < 4.78 is 5.43. The van der Waals surface area contributed by atoms with Crippen molar-refractivity contribution in [1.29, 1.82) is 5.41 Å². The number of nitrogens with one attached hydrogen (secondary N) is 1. The smallest absolute Gasteiger partial charge is 0.218 e. The van der Waals surface area contributed by atoms with Gasteiger partial charge in [-0.15, -0.1) is 0 Å². The molecule has 0 aliphatic carbocycles. The van der Waals surface area contributed by atoms with Crippen molar-refractivity contribution in [3.8, 4) is 5.69 Å². The van der Waals surface area contributed by atoms with E-state index in [0.29, 0.717) is 10.7 Å². The molecule has 0 unspecified atom stereocenters.